The van der Waals surface area contributed by atoms with Crippen molar-refractivity contribution in [2.45, 2.75) is 20.0 Å². The molecule has 3 nitrogen and oxygen atoms in total. The first-order valence-corrected chi connectivity index (χ1v) is 3.96. The van der Waals surface area contributed by atoms with Gasteiger partial charge in [-0.15, -0.1) is 0 Å². The molecule has 0 saturated carbocycles. The Bertz CT molecular complexity index is 239. The minimum absolute atomic E-state index is 0.452. The van der Waals surface area contributed by atoms with E-state index in [2.05, 4.69) is 6.58 Å². The third kappa shape index (κ3) is 4.85. The van der Waals surface area contributed by atoms with Crippen molar-refractivity contribution < 1.29 is 14.6 Å². The van der Waals surface area contributed by atoms with Crippen molar-refractivity contribution in [2.24, 2.45) is 0 Å². The van der Waals surface area contributed by atoms with Crippen molar-refractivity contribution in [1.82, 2.24) is 0 Å². The number of hydrogen-bond donors (Lipinski definition) is 1. The van der Waals surface area contributed by atoms with Gasteiger partial charge in [0.15, 0.2) is 6.10 Å². The standard InChI is InChI=1S/C10H14O3/c1-4-6-7-9(5-2)13-8(3)10(11)12/h4-8H,2H2,1,3H3,(H,11,12)/b6-4-,9-7+. The van der Waals surface area contributed by atoms with Gasteiger partial charge >= 0.3 is 5.97 Å². The molecule has 1 atom stereocenters. The average Bonchev–Trinajstić information content (AvgIpc) is 2.11. The number of ether oxygens (including phenoxy) is 1. The number of hydrogen-bond acceptors (Lipinski definition) is 2. The monoisotopic (exact) mass is 182 g/mol. The molecule has 0 aromatic carbocycles. The highest BCUT2D eigenvalue weighted by Crippen LogP contribution is 2.04. The van der Waals surface area contributed by atoms with Gasteiger partial charge in [-0.05, 0) is 26.0 Å². The van der Waals surface area contributed by atoms with Crippen LogP contribution in [0.3, 0.4) is 0 Å². The van der Waals surface area contributed by atoms with Gasteiger partial charge in [0.1, 0.15) is 5.76 Å². The van der Waals surface area contributed by atoms with Crippen LogP contribution in [-0.4, -0.2) is 17.2 Å². The highest BCUT2D eigenvalue weighted by Gasteiger charge is 2.11. The van der Waals surface area contributed by atoms with E-state index in [-0.39, 0.29) is 0 Å². The number of allylic oxidation sites excluding steroid dienone is 4. The van der Waals surface area contributed by atoms with Crippen molar-refractivity contribution in [3.8, 4) is 0 Å². The molecule has 0 bridgehead atoms. The maximum atomic E-state index is 10.4. The van der Waals surface area contributed by atoms with Crippen LogP contribution < -0.4 is 0 Å². The Balaban J connectivity index is 4.28. The number of aliphatic carboxylic acids is 1. The first-order chi connectivity index (χ1) is 6.11. The second-order valence-electron chi connectivity index (χ2n) is 2.40. The van der Waals surface area contributed by atoms with Crippen molar-refractivity contribution in [3.05, 3.63) is 36.6 Å². The largest absolute Gasteiger partial charge is 0.479 e. The Morgan fingerprint density at radius 3 is 2.62 bits per heavy atom. The van der Waals surface area contributed by atoms with Crippen LogP contribution in [0.2, 0.25) is 0 Å². The predicted molar refractivity (Wildman–Crippen MR) is 51.3 cm³/mol. The molecule has 0 aromatic heterocycles. The Hall–Kier alpha value is -1.51. The number of carboxylic acids is 1. The van der Waals surface area contributed by atoms with Gasteiger partial charge in [-0.2, -0.15) is 0 Å². The summed E-state index contributed by atoms with van der Waals surface area (Å²) in [6.07, 6.45) is 5.85. The quantitative estimate of drug-likeness (QED) is 0.523. The fraction of sp³-hybridized carbons (Fsp3) is 0.300. The summed E-state index contributed by atoms with van der Waals surface area (Å²) in [4.78, 5) is 10.4. The second kappa shape index (κ2) is 6.06. The molecule has 72 valence electrons. The first kappa shape index (κ1) is 11.5. The average molecular weight is 182 g/mol. The Morgan fingerprint density at radius 2 is 2.23 bits per heavy atom. The molecule has 0 rings (SSSR count). The van der Waals surface area contributed by atoms with Crippen LogP contribution >= 0.6 is 0 Å². The fourth-order valence-corrected chi connectivity index (χ4v) is 0.601. The molecule has 1 unspecified atom stereocenters. The molecule has 0 radical (unpaired) electrons. The van der Waals surface area contributed by atoms with Gasteiger partial charge in [0.05, 0.1) is 0 Å². The predicted octanol–water partition coefficient (Wildman–Crippen LogP) is 2.12. The van der Waals surface area contributed by atoms with E-state index in [1.54, 1.807) is 12.2 Å². The Kier molecular flexibility index (Phi) is 5.35. The smallest absolute Gasteiger partial charge is 0.344 e. The molecule has 0 fully saturated rings. The zero-order chi connectivity index (χ0) is 10.3. The van der Waals surface area contributed by atoms with Gasteiger partial charge in [0, 0.05) is 0 Å². The molecule has 0 amide bonds. The van der Waals surface area contributed by atoms with E-state index in [4.69, 9.17) is 9.84 Å². The second-order valence-corrected chi connectivity index (χ2v) is 2.40. The summed E-state index contributed by atoms with van der Waals surface area (Å²) in [7, 11) is 0. The molecule has 0 heterocycles. The molecule has 1 N–H and O–H groups in total. The molecule has 0 aliphatic carbocycles. The third-order valence-corrected chi connectivity index (χ3v) is 1.31. The number of rotatable bonds is 5. The minimum atomic E-state index is -0.992. The highest BCUT2D eigenvalue weighted by atomic mass is 16.5. The first-order valence-electron chi connectivity index (χ1n) is 3.96. The zero-order valence-electron chi connectivity index (χ0n) is 7.86. The molecule has 0 spiro atoms. The lowest BCUT2D eigenvalue weighted by atomic mass is 10.3. The summed E-state index contributed by atoms with van der Waals surface area (Å²) in [5.41, 5.74) is 0. The summed E-state index contributed by atoms with van der Waals surface area (Å²) in [5.74, 6) is -0.541. The van der Waals surface area contributed by atoms with E-state index >= 15 is 0 Å². The Labute approximate surface area is 78.0 Å². The van der Waals surface area contributed by atoms with E-state index in [1.165, 1.54) is 13.0 Å². The summed E-state index contributed by atoms with van der Waals surface area (Å²) in [6, 6.07) is 0. The summed E-state index contributed by atoms with van der Waals surface area (Å²) >= 11 is 0. The molecular weight excluding hydrogens is 168 g/mol. The van der Waals surface area contributed by atoms with Crippen molar-refractivity contribution in [3.63, 3.8) is 0 Å². The maximum absolute atomic E-state index is 10.4. The van der Waals surface area contributed by atoms with Gasteiger partial charge in [-0.1, -0.05) is 18.7 Å². The molecule has 0 aliphatic heterocycles. The SMILES string of the molecule is C=C/C(=C\C=C/C)OC(C)C(=O)O. The topological polar surface area (TPSA) is 46.5 Å². The van der Waals surface area contributed by atoms with Crippen LogP contribution in [0.1, 0.15) is 13.8 Å². The molecule has 0 saturated heterocycles. The molecule has 13 heavy (non-hydrogen) atoms. The minimum Gasteiger partial charge on any atom is -0.479 e. The molecular formula is C10H14O3. The van der Waals surface area contributed by atoms with Gasteiger partial charge in [-0.25, -0.2) is 4.79 Å². The summed E-state index contributed by atoms with van der Waals surface area (Å²) < 4.78 is 5.06. The lowest BCUT2D eigenvalue weighted by molar-refractivity contribution is -0.146. The molecule has 3 heteroatoms. The fourth-order valence-electron chi connectivity index (χ4n) is 0.601. The van der Waals surface area contributed by atoms with Crippen LogP contribution in [0.4, 0.5) is 0 Å². The van der Waals surface area contributed by atoms with Crippen molar-refractivity contribution >= 4 is 5.97 Å². The van der Waals surface area contributed by atoms with E-state index in [9.17, 15) is 4.79 Å². The van der Waals surface area contributed by atoms with E-state index in [1.807, 2.05) is 13.0 Å². The summed E-state index contributed by atoms with van der Waals surface area (Å²) in [5, 5.41) is 8.55. The van der Waals surface area contributed by atoms with Gasteiger partial charge in [0.2, 0.25) is 0 Å². The third-order valence-electron chi connectivity index (χ3n) is 1.31. The summed E-state index contributed by atoms with van der Waals surface area (Å²) in [6.45, 7) is 6.83. The van der Waals surface area contributed by atoms with Gasteiger partial charge < -0.3 is 9.84 Å². The molecule has 0 aliphatic rings. The van der Waals surface area contributed by atoms with E-state index in [0.29, 0.717) is 5.76 Å². The van der Waals surface area contributed by atoms with Crippen molar-refractivity contribution in [2.75, 3.05) is 0 Å². The number of carbonyl (C=O) groups is 1. The molecule has 0 aromatic rings. The van der Waals surface area contributed by atoms with Gasteiger partial charge in [-0.3, -0.25) is 0 Å². The van der Waals surface area contributed by atoms with Crippen molar-refractivity contribution in [1.29, 1.82) is 0 Å². The zero-order valence-corrected chi connectivity index (χ0v) is 7.86. The van der Waals surface area contributed by atoms with E-state index < -0.39 is 12.1 Å². The Morgan fingerprint density at radius 1 is 1.62 bits per heavy atom. The van der Waals surface area contributed by atoms with Gasteiger partial charge in [0.25, 0.3) is 0 Å². The number of carboxylic acid groups (broad SMARTS) is 1. The van der Waals surface area contributed by atoms with Crippen LogP contribution in [0.5, 0.6) is 0 Å². The van der Waals surface area contributed by atoms with Crippen LogP contribution in [0.25, 0.3) is 0 Å². The lowest BCUT2D eigenvalue weighted by Gasteiger charge is -2.09. The van der Waals surface area contributed by atoms with E-state index in [0.717, 1.165) is 0 Å². The normalized spacial score (nSPS) is 14.2. The highest BCUT2D eigenvalue weighted by molar-refractivity contribution is 5.71. The maximum Gasteiger partial charge on any atom is 0.344 e. The lowest BCUT2D eigenvalue weighted by Crippen LogP contribution is -2.18. The van der Waals surface area contributed by atoms with Crippen LogP contribution in [-0.2, 0) is 9.53 Å². The van der Waals surface area contributed by atoms with Crippen LogP contribution in [0.15, 0.2) is 36.6 Å². The van der Waals surface area contributed by atoms with Crippen LogP contribution in [0, 0.1) is 0 Å².